The highest BCUT2D eigenvalue weighted by Gasteiger charge is 2.00. The molecule has 0 saturated heterocycles. The van der Waals surface area contributed by atoms with Crippen LogP contribution in [-0.2, 0) is 19.3 Å². The monoisotopic (exact) mass is 216 g/mol. The quantitative estimate of drug-likeness (QED) is 0.799. The predicted molar refractivity (Wildman–Crippen MR) is 63.2 cm³/mol. The zero-order chi connectivity index (χ0) is 11.2. The number of aryl methyl sites for hydroxylation is 2. The van der Waals surface area contributed by atoms with Gasteiger partial charge in [0.15, 0.2) is 0 Å². The molecule has 0 aliphatic carbocycles. The van der Waals surface area contributed by atoms with E-state index in [1.54, 1.807) is 0 Å². The SMILES string of the molecule is OCCc1ncc(CCc2ccccc2)[nH]1. The number of hydrogen-bond acceptors (Lipinski definition) is 2. The van der Waals surface area contributed by atoms with Crippen molar-refractivity contribution in [3.05, 3.63) is 53.6 Å². The molecule has 3 nitrogen and oxygen atoms in total. The lowest BCUT2D eigenvalue weighted by Gasteiger charge is -1.98. The molecule has 0 amide bonds. The maximum absolute atomic E-state index is 8.78. The van der Waals surface area contributed by atoms with Gasteiger partial charge in [0.2, 0.25) is 0 Å². The molecular formula is C13H16N2O. The average Bonchev–Trinajstić information content (AvgIpc) is 2.76. The van der Waals surface area contributed by atoms with E-state index in [1.165, 1.54) is 5.56 Å². The molecule has 2 aromatic rings. The summed E-state index contributed by atoms with van der Waals surface area (Å²) in [4.78, 5) is 7.42. The van der Waals surface area contributed by atoms with Crippen LogP contribution in [-0.4, -0.2) is 21.7 Å². The van der Waals surface area contributed by atoms with Crippen molar-refractivity contribution in [3.8, 4) is 0 Å². The minimum atomic E-state index is 0.144. The molecular weight excluding hydrogens is 200 g/mol. The van der Waals surface area contributed by atoms with E-state index in [0.717, 1.165) is 24.4 Å². The summed E-state index contributed by atoms with van der Waals surface area (Å²) in [5.41, 5.74) is 2.47. The van der Waals surface area contributed by atoms with E-state index < -0.39 is 0 Å². The largest absolute Gasteiger partial charge is 0.396 e. The number of aliphatic hydroxyl groups is 1. The number of nitrogens with zero attached hydrogens (tertiary/aromatic N) is 1. The van der Waals surface area contributed by atoms with Gasteiger partial charge in [0.1, 0.15) is 5.82 Å². The molecule has 0 atom stereocenters. The van der Waals surface area contributed by atoms with Crippen molar-refractivity contribution in [3.63, 3.8) is 0 Å². The molecule has 0 aliphatic rings. The first kappa shape index (κ1) is 10.9. The molecule has 0 aliphatic heterocycles. The van der Waals surface area contributed by atoms with Crippen molar-refractivity contribution in [2.24, 2.45) is 0 Å². The number of hydrogen-bond donors (Lipinski definition) is 2. The Morgan fingerprint density at radius 3 is 2.62 bits per heavy atom. The lowest BCUT2D eigenvalue weighted by atomic mass is 10.1. The summed E-state index contributed by atoms with van der Waals surface area (Å²) in [7, 11) is 0. The van der Waals surface area contributed by atoms with Gasteiger partial charge in [0.05, 0.1) is 6.61 Å². The number of aromatic nitrogens is 2. The summed E-state index contributed by atoms with van der Waals surface area (Å²) in [5.74, 6) is 0.866. The van der Waals surface area contributed by atoms with Crippen LogP contribution in [0, 0.1) is 0 Å². The second-order valence-electron chi connectivity index (χ2n) is 3.81. The summed E-state index contributed by atoms with van der Waals surface area (Å²) in [6.45, 7) is 0.144. The fourth-order valence-electron chi connectivity index (χ4n) is 1.69. The average molecular weight is 216 g/mol. The Labute approximate surface area is 95.2 Å². The van der Waals surface area contributed by atoms with Crippen LogP contribution in [0.2, 0.25) is 0 Å². The van der Waals surface area contributed by atoms with E-state index in [0.29, 0.717) is 6.42 Å². The molecule has 1 heterocycles. The van der Waals surface area contributed by atoms with Crippen LogP contribution in [0.1, 0.15) is 17.1 Å². The van der Waals surface area contributed by atoms with E-state index >= 15 is 0 Å². The van der Waals surface area contributed by atoms with Crippen molar-refractivity contribution in [2.75, 3.05) is 6.61 Å². The fraction of sp³-hybridized carbons (Fsp3) is 0.308. The highest BCUT2D eigenvalue weighted by Crippen LogP contribution is 2.05. The first-order valence-corrected chi connectivity index (χ1v) is 5.56. The molecule has 2 N–H and O–H groups in total. The minimum Gasteiger partial charge on any atom is -0.396 e. The van der Waals surface area contributed by atoms with Crippen molar-refractivity contribution < 1.29 is 5.11 Å². The number of aromatic amines is 1. The Kier molecular flexibility index (Phi) is 3.72. The number of nitrogens with one attached hydrogen (secondary N) is 1. The van der Waals surface area contributed by atoms with Crippen molar-refractivity contribution in [1.82, 2.24) is 9.97 Å². The third-order valence-electron chi connectivity index (χ3n) is 2.56. The molecule has 84 valence electrons. The highest BCUT2D eigenvalue weighted by molar-refractivity contribution is 5.16. The molecule has 0 fully saturated rings. The Bertz CT molecular complexity index is 423. The summed E-state index contributed by atoms with van der Waals surface area (Å²) < 4.78 is 0. The van der Waals surface area contributed by atoms with Crippen LogP contribution < -0.4 is 0 Å². The molecule has 0 spiro atoms. The Balaban J connectivity index is 1.89. The third kappa shape index (κ3) is 2.94. The molecule has 1 aromatic carbocycles. The van der Waals surface area contributed by atoms with E-state index in [9.17, 15) is 0 Å². The Hall–Kier alpha value is -1.61. The number of imidazole rings is 1. The molecule has 2 rings (SSSR count). The smallest absolute Gasteiger partial charge is 0.108 e. The molecule has 0 bridgehead atoms. The Morgan fingerprint density at radius 2 is 1.88 bits per heavy atom. The van der Waals surface area contributed by atoms with Crippen LogP contribution in [0.25, 0.3) is 0 Å². The van der Waals surface area contributed by atoms with Crippen molar-refractivity contribution in [2.45, 2.75) is 19.3 Å². The van der Waals surface area contributed by atoms with Crippen molar-refractivity contribution >= 4 is 0 Å². The van der Waals surface area contributed by atoms with E-state index in [2.05, 4.69) is 34.2 Å². The maximum Gasteiger partial charge on any atom is 0.108 e. The van der Waals surface area contributed by atoms with Crippen LogP contribution in [0.15, 0.2) is 36.5 Å². The van der Waals surface area contributed by atoms with E-state index in [4.69, 9.17) is 5.11 Å². The van der Waals surface area contributed by atoms with Crippen LogP contribution >= 0.6 is 0 Å². The zero-order valence-electron chi connectivity index (χ0n) is 9.19. The second kappa shape index (κ2) is 5.47. The summed E-state index contributed by atoms with van der Waals surface area (Å²) in [6.07, 6.45) is 4.43. The first-order valence-electron chi connectivity index (χ1n) is 5.56. The second-order valence-corrected chi connectivity index (χ2v) is 3.81. The van der Waals surface area contributed by atoms with Gasteiger partial charge in [-0.05, 0) is 18.4 Å². The maximum atomic E-state index is 8.78. The zero-order valence-corrected chi connectivity index (χ0v) is 9.19. The predicted octanol–water partition coefficient (Wildman–Crippen LogP) is 1.73. The van der Waals surface area contributed by atoms with E-state index in [1.807, 2.05) is 12.3 Å². The molecule has 3 heteroatoms. The molecule has 0 saturated carbocycles. The molecule has 1 aromatic heterocycles. The fourth-order valence-corrected chi connectivity index (χ4v) is 1.69. The minimum absolute atomic E-state index is 0.144. The number of benzene rings is 1. The lowest BCUT2D eigenvalue weighted by molar-refractivity contribution is 0.297. The van der Waals surface area contributed by atoms with Gasteiger partial charge < -0.3 is 10.1 Å². The van der Waals surface area contributed by atoms with Gasteiger partial charge in [-0.2, -0.15) is 0 Å². The molecule has 0 unspecified atom stereocenters. The normalized spacial score (nSPS) is 10.6. The lowest BCUT2D eigenvalue weighted by Crippen LogP contribution is -1.94. The topological polar surface area (TPSA) is 48.9 Å². The van der Waals surface area contributed by atoms with Gasteiger partial charge in [-0.15, -0.1) is 0 Å². The number of rotatable bonds is 5. The standard InChI is InChI=1S/C13H16N2O/c16-9-8-13-14-10-12(15-13)7-6-11-4-2-1-3-5-11/h1-5,10,16H,6-9H2,(H,14,15). The summed E-state index contributed by atoms with van der Waals surface area (Å²) in [6, 6.07) is 10.4. The molecule has 16 heavy (non-hydrogen) atoms. The molecule has 0 radical (unpaired) electrons. The summed E-state index contributed by atoms with van der Waals surface area (Å²) >= 11 is 0. The first-order chi connectivity index (χ1) is 7.88. The van der Waals surface area contributed by atoms with Gasteiger partial charge in [-0.3, -0.25) is 0 Å². The van der Waals surface area contributed by atoms with Crippen LogP contribution in [0.3, 0.4) is 0 Å². The number of aliphatic hydroxyl groups excluding tert-OH is 1. The third-order valence-corrected chi connectivity index (χ3v) is 2.56. The highest BCUT2D eigenvalue weighted by atomic mass is 16.3. The number of H-pyrrole nitrogens is 1. The van der Waals surface area contributed by atoms with Gasteiger partial charge in [0.25, 0.3) is 0 Å². The van der Waals surface area contributed by atoms with Gasteiger partial charge in [-0.1, -0.05) is 30.3 Å². The van der Waals surface area contributed by atoms with Crippen molar-refractivity contribution in [1.29, 1.82) is 0 Å². The van der Waals surface area contributed by atoms with Crippen LogP contribution in [0.5, 0.6) is 0 Å². The summed E-state index contributed by atoms with van der Waals surface area (Å²) in [5, 5.41) is 8.78. The van der Waals surface area contributed by atoms with Gasteiger partial charge in [-0.25, -0.2) is 4.98 Å². The van der Waals surface area contributed by atoms with E-state index in [-0.39, 0.29) is 6.61 Å². The van der Waals surface area contributed by atoms with Gasteiger partial charge >= 0.3 is 0 Å². The van der Waals surface area contributed by atoms with Gasteiger partial charge in [0, 0.05) is 18.3 Å². The van der Waals surface area contributed by atoms with Crippen LogP contribution in [0.4, 0.5) is 0 Å². The Morgan fingerprint density at radius 1 is 1.06 bits per heavy atom.